The van der Waals surface area contributed by atoms with Crippen molar-refractivity contribution in [2.24, 2.45) is 0 Å². The van der Waals surface area contributed by atoms with Crippen molar-refractivity contribution in [3.63, 3.8) is 0 Å². The Balaban J connectivity index is 1.32. The minimum atomic E-state index is 0.0346. The number of nitrogens with zero attached hydrogens (tertiary/aromatic N) is 5. The second kappa shape index (κ2) is 9.58. The molecular weight excluding hydrogens is 382 g/mol. The molecule has 158 valence electrons. The van der Waals surface area contributed by atoms with E-state index in [1.807, 2.05) is 35.2 Å². The van der Waals surface area contributed by atoms with Gasteiger partial charge in [0.05, 0.1) is 32.2 Å². The molecule has 8 nitrogen and oxygen atoms in total. The highest BCUT2D eigenvalue weighted by Gasteiger charge is 2.21. The van der Waals surface area contributed by atoms with Crippen LogP contribution in [0.4, 0.5) is 11.5 Å². The lowest BCUT2D eigenvalue weighted by Crippen LogP contribution is -2.48. The molecule has 1 amide bonds. The van der Waals surface area contributed by atoms with Gasteiger partial charge >= 0.3 is 0 Å². The summed E-state index contributed by atoms with van der Waals surface area (Å²) in [4.78, 5) is 18.9. The van der Waals surface area contributed by atoms with E-state index in [-0.39, 0.29) is 5.91 Å². The number of amides is 1. The maximum absolute atomic E-state index is 12.6. The molecule has 0 saturated carbocycles. The van der Waals surface area contributed by atoms with Gasteiger partial charge in [0.25, 0.3) is 0 Å². The number of carbonyl (C=O) groups excluding carboxylic acids is 1. The molecule has 2 saturated heterocycles. The number of methoxy groups -OCH3 is 1. The summed E-state index contributed by atoms with van der Waals surface area (Å²) in [6.45, 7) is 6.02. The quantitative estimate of drug-likeness (QED) is 0.696. The van der Waals surface area contributed by atoms with Crippen LogP contribution in [0, 0.1) is 0 Å². The molecule has 0 aliphatic carbocycles. The molecule has 0 radical (unpaired) electrons. The Labute approximate surface area is 176 Å². The van der Waals surface area contributed by atoms with Crippen molar-refractivity contribution in [2.45, 2.75) is 0 Å². The SMILES string of the molecule is COc1ccc(/C=C/C(=O)N2CCN(c3cnnc(N4CCOCC4)c3)CC2)cc1. The van der Waals surface area contributed by atoms with Gasteiger partial charge in [-0.3, -0.25) is 4.79 Å². The van der Waals surface area contributed by atoms with E-state index in [9.17, 15) is 4.79 Å². The molecule has 3 heterocycles. The van der Waals surface area contributed by atoms with Crippen molar-refractivity contribution in [1.29, 1.82) is 0 Å². The second-order valence-corrected chi connectivity index (χ2v) is 7.29. The molecule has 2 fully saturated rings. The number of carbonyl (C=O) groups is 1. The average molecular weight is 409 g/mol. The molecule has 8 heteroatoms. The van der Waals surface area contributed by atoms with Gasteiger partial charge < -0.3 is 24.2 Å². The van der Waals surface area contributed by atoms with Gasteiger partial charge in [-0.05, 0) is 23.8 Å². The maximum Gasteiger partial charge on any atom is 0.246 e. The van der Waals surface area contributed by atoms with Crippen LogP contribution in [0.5, 0.6) is 5.75 Å². The highest BCUT2D eigenvalue weighted by Crippen LogP contribution is 2.21. The number of anilines is 2. The molecule has 0 bridgehead atoms. The number of hydrogen-bond acceptors (Lipinski definition) is 7. The summed E-state index contributed by atoms with van der Waals surface area (Å²) in [5.74, 6) is 1.72. The average Bonchev–Trinajstić information content (AvgIpc) is 2.83. The normalized spacial score (nSPS) is 17.4. The topological polar surface area (TPSA) is 71.0 Å². The van der Waals surface area contributed by atoms with E-state index in [0.717, 1.165) is 62.2 Å². The minimum absolute atomic E-state index is 0.0346. The first kappa shape index (κ1) is 20.2. The first-order valence-corrected chi connectivity index (χ1v) is 10.2. The molecule has 30 heavy (non-hydrogen) atoms. The molecule has 0 N–H and O–H groups in total. The molecule has 2 aromatic rings. The van der Waals surface area contributed by atoms with Gasteiger partial charge in [0.1, 0.15) is 5.75 Å². The van der Waals surface area contributed by atoms with Gasteiger partial charge in [0.2, 0.25) is 5.91 Å². The largest absolute Gasteiger partial charge is 0.497 e. The van der Waals surface area contributed by atoms with Crippen LogP contribution < -0.4 is 14.5 Å². The summed E-state index contributed by atoms with van der Waals surface area (Å²) in [6, 6.07) is 9.72. The lowest BCUT2D eigenvalue weighted by molar-refractivity contribution is -0.126. The van der Waals surface area contributed by atoms with Gasteiger partial charge in [-0.2, -0.15) is 5.10 Å². The second-order valence-electron chi connectivity index (χ2n) is 7.29. The Hall–Kier alpha value is -3.13. The maximum atomic E-state index is 12.6. The third-order valence-corrected chi connectivity index (χ3v) is 5.45. The van der Waals surface area contributed by atoms with E-state index in [2.05, 4.69) is 26.1 Å². The van der Waals surface area contributed by atoms with E-state index >= 15 is 0 Å². The summed E-state index contributed by atoms with van der Waals surface area (Å²) in [5, 5.41) is 8.47. The summed E-state index contributed by atoms with van der Waals surface area (Å²) >= 11 is 0. The van der Waals surface area contributed by atoms with Crippen molar-refractivity contribution in [2.75, 3.05) is 69.4 Å². The van der Waals surface area contributed by atoms with Crippen LogP contribution in [0.1, 0.15) is 5.56 Å². The van der Waals surface area contributed by atoms with Crippen molar-refractivity contribution in [3.8, 4) is 5.75 Å². The third kappa shape index (κ3) is 4.88. The van der Waals surface area contributed by atoms with Gasteiger partial charge in [-0.1, -0.05) is 12.1 Å². The Morgan fingerprint density at radius 2 is 1.77 bits per heavy atom. The van der Waals surface area contributed by atoms with Gasteiger partial charge in [0, 0.05) is 51.4 Å². The Kier molecular flexibility index (Phi) is 6.44. The van der Waals surface area contributed by atoms with E-state index in [1.165, 1.54) is 0 Å². The molecule has 1 aromatic heterocycles. The molecule has 2 aliphatic rings. The number of benzene rings is 1. The van der Waals surface area contributed by atoms with E-state index in [1.54, 1.807) is 19.4 Å². The van der Waals surface area contributed by atoms with Crippen molar-refractivity contribution >= 4 is 23.5 Å². The number of aromatic nitrogens is 2. The standard InChI is InChI=1S/C22H27N5O3/c1-29-20-5-2-18(3-6-20)4-7-22(28)27-10-8-25(9-11-27)19-16-21(24-23-17-19)26-12-14-30-15-13-26/h2-7,16-17H,8-15H2,1H3/b7-4+. The molecular formula is C22H27N5O3. The Morgan fingerprint density at radius 3 is 2.47 bits per heavy atom. The molecule has 4 rings (SSSR count). The van der Waals surface area contributed by atoms with Crippen molar-refractivity contribution < 1.29 is 14.3 Å². The monoisotopic (exact) mass is 409 g/mol. The molecule has 0 unspecified atom stereocenters. The van der Waals surface area contributed by atoms with Crippen LogP contribution in [0.2, 0.25) is 0 Å². The first-order valence-electron chi connectivity index (χ1n) is 10.2. The number of morpholine rings is 1. The van der Waals surface area contributed by atoms with Gasteiger partial charge in [0.15, 0.2) is 5.82 Å². The highest BCUT2D eigenvalue weighted by atomic mass is 16.5. The summed E-state index contributed by atoms with van der Waals surface area (Å²) < 4.78 is 10.6. The van der Waals surface area contributed by atoms with E-state index in [0.29, 0.717) is 13.1 Å². The van der Waals surface area contributed by atoms with Crippen molar-refractivity contribution in [3.05, 3.63) is 48.2 Å². The van der Waals surface area contributed by atoms with Crippen LogP contribution in [0.25, 0.3) is 6.08 Å². The zero-order chi connectivity index (χ0) is 20.8. The fourth-order valence-electron chi connectivity index (χ4n) is 3.64. The molecule has 0 spiro atoms. The fraction of sp³-hybridized carbons (Fsp3) is 0.409. The lowest BCUT2D eigenvalue weighted by atomic mass is 10.2. The van der Waals surface area contributed by atoms with Gasteiger partial charge in [-0.15, -0.1) is 5.10 Å². The Morgan fingerprint density at radius 1 is 1.03 bits per heavy atom. The molecule has 1 aromatic carbocycles. The number of piperazine rings is 1. The number of rotatable bonds is 5. The predicted molar refractivity (Wildman–Crippen MR) is 116 cm³/mol. The van der Waals surface area contributed by atoms with Crippen LogP contribution in [0.15, 0.2) is 42.6 Å². The highest BCUT2D eigenvalue weighted by molar-refractivity contribution is 5.92. The first-order chi connectivity index (χ1) is 14.7. The van der Waals surface area contributed by atoms with Gasteiger partial charge in [-0.25, -0.2) is 0 Å². The number of hydrogen-bond donors (Lipinski definition) is 0. The summed E-state index contributed by atoms with van der Waals surface area (Å²) in [5.41, 5.74) is 2.02. The molecule has 2 aliphatic heterocycles. The van der Waals surface area contributed by atoms with Crippen LogP contribution in [0.3, 0.4) is 0 Å². The molecule has 0 atom stereocenters. The van der Waals surface area contributed by atoms with Crippen LogP contribution in [-0.2, 0) is 9.53 Å². The third-order valence-electron chi connectivity index (χ3n) is 5.45. The van der Waals surface area contributed by atoms with E-state index in [4.69, 9.17) is 9.47 Å². The Bertz CT molecular complexity index is 873. The smallest absolute Gasteiger partial charge is 0.246 e. The van der Waals surface area contributed by atoms with Crippen LogP contribution >= 0.6 is 0 Å². The zero-order valence-corrected chi connectivity index (χ0v) is 17.2. The van der Waals surface area contributed by atoms with Crippen molar-refractivity contribution in [1.82, 2.24) is 15.1 Å². The summed E-state index contributed by atoms with van der Waals surface area (Å²) in [7, 11) is 1.64. The minimum Gasteiger partial charge on any atom is -0.497 e. The van der Waals surface area contributed by atoms with E-state index < -0.39 is 0 Å². The summed E-state index contributed by atoms with van der Waals surface area (Å²) in [6.07, 6.45) is 5.28. The zero-order valence-electron chi connectivity index (χ0n) is 17.2. The van der Waals surface area contributed by atoms with Crippen LogP contribution in [-0.4, -0.2) is 80.6 Å². The number of ether oxygens (including phenoxy) is 2. The fourth-order valence-corrected chi connectivity index (χ4v) is 3.64. The lowest BCUT2D eigenvalue weighted by Gasteiger charge is -2.36. The predicted octanol–water partition coefficient (Wildman–Crippen LogP) is 1.68.